The highest BCUT2D eigenvalue weighted by molar-refractivity contribution is 7.89. The Morgan fingerprint density at radius 2 is 1.76 bits per heavy atom. The second-order valence-electron chi connectivity index (χ2n) is 12.5. The number of hydrogen-bond donors (Lipinski definition) is 2. The highest BCUT2D eigenvalue weighted by Crippen LogP contribution is 2.33. The van der Waals surface area contributed by atoms with Crippen LogP contribution in [0.1, 0.15) is 46.6 Å². The van der Waals surface area contributed by atoms with Crippen molar-refractivity contribution in [2.75, 3.05) is 32.0 Å². The fraction of sp³-hybridized carbons (Fsp3) is 0.581. The molecule has 2 heterocycles. The summed E-state index contributed by atoms with van der Waals surface area (Å²) < 4.78 is 52.8. The van der Waals surface area contributed by atoms with Gasteiger partial charge in [0.1, 0.15) is 6.10 Å². The molecule has 4 rings (SSSR count). The molecule has 42 heavy (non-hydrogen) atoms. The van der Waals surface area contributed by atoms with Crippen LogP contribution in [0.4, 0.5) is 10.5 Å². The number of fused-ring (bicyclic) bond motifs is 1. The normalized spacial score (nSPS) is 22.2. The zero-order valence-electron chi connectivity index (χ0n) is 25.2. The molecule has 10 nitrogen and oxygen atoms in total. The van der Waals surface area contributed by atoms with E-state index in [4.69, 9.17) is 24.7 Å². The third kappa shape index (κ3) is 8.67. The minimum Gasteiger partial charge on any atom is -0.443 e. The number of sulfonamides is 1. The predicted octanol–water partition coefficient (Wildman–Crippen LogP) is 4.20. The van der Waals surface area contributed by atoms with E-state index >= 15 is 0 Å². The number of carbonyl (C=O) groups excluding carboxylic acids is 1. The lowest BCUT2D eigenvalue weighted by Gasteiger charge is -2.37. The van der Waals surface area contributed by atoms with Crippen LogP contribution < -0.4 is 11.1 Å². The molecule has 5 atom stereocenters. The average Bonchev–Trinajstić information content (AvgIpc) is 3.52. The van der Waals surface area contributed by atoms with E-state index in [0.29, 0.717) is 18.7 Å². The van der Waals surface area contributed by atoms with E-state index in [0.717, 1.165) is 12.0 Å². The SMILES string of the molecule is CC(C)CN(C[C@@H](OC(C)(C)C)[C@H](Cc1ccccc1)NC(=O)O[C@H]1CO[C@H]2OCC[C@H]21)S(=O)(=O)c1ccc(N)cc1. The summed E-state index contributed by atoms with van der Waals surface area (Å²) in [6, 6.07) is 15.3. The zero-order valence-corrected chi connectivity index (χ0v) is 26.0. The number of nitrogen functional groups attached to an aromatic ring is 1. The second-order valence-corrected chi connectivity index (χ2v) is 14.4. The van der Waals surface area contributed by atoms with Crippen molar-refractivity contribution in [1.29, 1.82) is 0 Å². The van der Waals surface area contributed by atoms with Crippen molar-refractivity contribution in [3.63, 3.8) is 0 Å². The van der Waals surface area contributed by atoms with Crippen LogP contribution in [0.3, 0.4) is 0 Å². The maximum Gasteiger partial charge on any atom is 0.407 e. The summed E-state index contributed by atoms with van der Waals surface area (Å²) in [6.45, 7) is 10.8. The molecule has 0 unspecified atom stereocenters. The van der Waals surface area contributed by atoms with E-state index in [1.807, 2.05) is 65.0 Å². The lowest BCUT2D eigenvalue weighted by atomic mass is 10.00. The number of alkyl carbamates (subject to hydrolysis) is 1. The first kappa shape index (κ1) is 32.2. The van der Waals surface area contributed by atoms with Crippen LogP contribution in [-0.2, 0) is 35.4 Å². The predicted molar refractivity (Wildman–Crippen MR) is 160 cm³/mol. The summed E-state index contributed by atoms with van der Waals surface area (Å²) >= 11 is 0. The first-order chi connectivity index (χ1) is 19.8. The molecule has 2 aliphatic heterocycles. The van der Waals surface area contributed by atoms with Crippen LogP contribution in [0.5, 0.6) is 0 Å². The molecule has 2 aromatic carbocycles. The lowest BCUT2D eigenvalue weighted by molar-refractivity contribution is -0.0907. The van der Waals surface area contributed by atoms with Crippen LogP contribution in [0.15, 0.2) is 59.5 Å². The number of carbonyl (C=O) groups is 1. The summed E-state index contributed by atoms with van der Waals surface area (Å²) in [7, 11) is -3.90. The quantitative estimate of drug-likeness (QED) is 0.346. The number of nitrogens with two attached hydrogens (primary N) is 1. The van der Waals surface area contributed by atoms with E-state index in [2.05, 4.69) is 5.32 Å². The van der Waals surface area contributed by atoms with Gasteiger partial charge in [-0.2, -0.15) is 4.31 Å². The number of anilines is 1. The third-order valence-electron chi connectivity index (χ3n) is 7.27. The molecule has 0 spiro atoms. The molecule has 2 saturated heterocycles. The Morgan fingerprint density at radius 1 is 1.07 bits per heavy atom. The number of nitrogens with zero attached hydrogens (tertiary/aromatic N) is 1. The van der Waals surface area contributed by atoms with Gasteiger partial charge in [-0.25, -0.2) is 13.2 Å². The van der Waals surface area contributed by atoms with E-state index in [-0.39, 0.29) is 42.7 Å². The molecular formula is C31H45N3O7S. The topological polar surface area (TPSA) is 129 Å². The van der Waals surface area contributed by atoms with Gasteiger partial charge in [-0.15, -0.1) is 0 Å². The van der Waals surface area contributed by atoms with Crippen molar-refractivity contribution in [3.05, 3.63) is 60.2 Å². The molecule has 0 aromatic heterocycles. The molecule has 3 N–H and O–H groups in total. The average molecular weight is 604 g/mol. The monoisotopic (exact) mass is 603 g/mol. The summed E-state index contributed by atoms with van der Waals surface area (Å²) in [6.07, 6.45) is -0.897. The molecule has 2 fully saturated rings. The second kappa shape index (κ2) is 13.7. The van der Waals surface area contributed by atoms with Crippen LogP contribution >= 0.6 is 0 Å². The molecule has 0 radical (unpaired) electrons. The number of ether oxygens (including phenoxy) is 4. The number of rotatable bonds is 12. The van der Waals surface area contributed by atoms with Crippen molar-refractivity contribution in [3.8, 4) is 0 Å². The van der Waals surface area contributed by atoms with Crippen LogP contribution in [-0.4, -0.2) is 75.3 Å². The lowest BCUT2D eigenvalue weighted by Crippen LogP contribution is -2.54. The number of amides is 1. The van der Waals surface area contributed by atoms with E-state index in [1.165, 1.54) is 16.4 Å². The summed E-state index contributed by atoms with van der Waals surface area (Å²) in [5.41, 5.74) is 6.64. The van der Waals surface area contributed by atoms with Gasteiger partial charge in [0.15, 0.2) is 6.29 Å². The molecule has 0 bridgehead atoms. The van der Waals surface area contributed by atoms with Gasteiger partial charge >= 0.3 is 6.09 Å². The van der Waals surface area contributed by atoms with Gasteiger partial charge in [-0.3, -0.25) is 0 Å². The van der Waals surface area contributed by atoms with Gasteiger partial charge in [0.05, 0.1) is 41.8 Å². The van der Waals surface area contributed by atoms with Gasteiger partial charge in [-0.1, -0.05) is 44.2 Å². The molecule has 0 aliphatic carbocycles. The van der Waals surface area contributed by atoms with Crippen molar-refractivity contribution < 1.29 is 32.2 Å². The maximum absolute atomic E-state index is 13.9. The highest BCUT2D eigenvalue weighted by Gasteiger charge is 2.44. The van der Waals surface area contributed by atoms with Crippen molar-refractivity contribution in [1.82, 2.24) is 9.62 Å². The van der Waals surface area contributed by atoms with Crippen LogP contribution in [0, 0.1) is 11.8 Å². The molecule has 1 amide bonds. The Bertz CT molecular complexity index is 1270. The Balaban J connectivity index is 1.63. The largest absolute Gasteiger partial charge is 0.443 e. The fourth-order valence-corrected chi connectivity index (χ4v) is 7.00. The Morgan fingerprint density at radius 3 is 2.40 bits per heavy atom. The van der Waals surface area contributed by atoms with Gasteiger partial charge in [0.25, 0.3) is 0 Å². The molecule has 2 aromatic rings. The molecule has 232 valence electrons. The van der Waals surface area contributed by atoms with E-state index < -0.39 is 40.0 Å². The Kier molecular flexibility index (Phi) is 10.5. The number of benzene rings is 2. The summed E-state index contributed by atoms with van der Waals surface area (Å²) in [4.78, 5) is 13.5. The van der Waals surface area contributed by atoms with Gasteiger partial charge in [-0.05, 0) is 69.4 Å². The Hall–Kier alpha value is -2.70. The fourth-order valence-electron chi connectivity index (χ4n) is 5.38. The molecule has 11 heteroatoms. The first-order valence-electron chi connectivity index (χ1n) is 14.6. The zero-order chi connectivity index (χ0) is 30.5. The molecule has 2 aliphatic rings. The molecular weight excluding hydrogens is 558 g/mol. The number of nitrogens with one attached hydrogen (secondary N) is 1. The van der Waals surface area contributed by atoms with E-state index in [9.17, 15) is 13.2 Å². The number of hydrogen-bond acceptors (Lipinski definition) is 8. The smallest absolute Gasteiger partial charge is 0.407 e. The van der Waals surface area contributed by atoms with E-state index in [1.54, 1.807) is 12.1 Å². The van der Waals surface area contributed by atoms with Gasteiger partial charge in [0, 0.05) is 18.8 Å². The minimum absolute atomic E-state index is 0.00321. The van der Waals surface area contributed by atoms with Crippen molar-refractivity contribution in [2.24, 2.45) is 11.8 Å². The summed E-state index contributed by atoms with van der Waals surface area (Å²) in [5.74, 6) is 0.0369. The Labute approximate surface area is 249 Å². The third-order valence-corrected chi connectivity index (χ3v) is 9.12. The van der Waals surface area contributed by atoms with Crippen molar-refractivity contribution in [2.45, 2.75) is 82.5 Å². The first-order valence-corrected chi connectivity index (χ1v) is 16.0. The highest BCUT2D eigenvalue weighted by atomic mass is 32.2. The van der Waals surface area contributed by atoms with Crippen LogP contribution in [0.25, 0.3) is 0 Å². The standard InChI is InChI=1S/C31H45N3O7S/c1-21(2)18-34(42(36,37)24-13-11-23(32)12-14-24)19-27(41-31(3,4)5)26(17-22-9-7-6-8-10-22)33-30(35)40-28-20-39-29-25(28)15-16-38-29/h6-14,21,25-29H,15-20,32H2,1-5H3,(H,33,35)/t25-,26-,27+,28-,29+/m0/s1. The van der Waals surface area contributed by atoms with Crippen molar-refractivity contribution >= 4 is 21.8 Å². The summed E-state index contributed by atoms with van der Waals surface area (Å²) in [5, 5.41) is 3.03. The minimum atomic E-state index is -3.90. The van der Waals surface area contributed by atoms with Crippen LogP contribution in [0.2, 0.25) is 0 Å². The maximum atomic E-state index is 13.9. The van der Waals surface area contributed by atoms with Gasteiger partial charge in [0.2, 0.25) is 10.0 Å². The van der Waals surface area contributed by atoms with Gasteiger partial charge < -0.3 is 30.0 Å². The molecule has 0 saturated carbocycles.